The van der Waals surface area contributed by atoms with Crippen LogP contribution in [0.2, 0.25) is 0 Å². The van der Waals surface area contributed by atoms with E-state index in [-0.39, 0.29) is 24.8 Å². The van der Waals surface area contributed by atoms with Gasteiger partial charge in [0.25, 0.3) is 0 Å². The minimum Gasteiger partial charge on any atom is -0.314 e. The molecule has 3 nitrogen and oxygen atoms in total. The van der Waals surface area contributed by atoms with Crippen LogP contribution >= 0.6 is 24.8 Å². The molecule has 0 unspecified atom stereocenters. The largest absolute Gasteiger partial charge is 0.416 e. The van der Waals surface area contributed by atoms with Crippen LogP contribution in [-0.4, -0.2) is 56.1 Å². The molecule has 8 heteroatoms. The lowest BCUT2D eigenvalue weighted by molar-refractivity contribution is -0.137. The van der Waals surface area contributed by atoms with Crippen LogP contribution in [0.5, 0.6) is 0 Å². The van der Waals surface area contributed by atoms with Gasteiger partial charge >= 0.3 is 6.18 Å². The summed E-state index contributed by atoms with van der Waals surface area (Å²) < 4.78 is 38.0. The highest BCUT2D eigenvalue weighted by molar-refractivity contribution is 5.85. The van der Waals surface area contributed by atoms with Crippen molar-refractivity contribution < 1.29 is 13.2 Å². The van der Waals surface area contributed by atoms with Crippen LogP contribution in [0.3, 0.4) is 0 Å². The number of alkyl halides is 3. The van der Waals surface area contributed by atoms with Crippen molar-refractivity contribution in [2.45, 2.75) is 12.7 Å². The van der Waals surface area contributed by atoms with Crippen LogP contribution in [0.1, 0.15) is 11.1 Å². The summed E-state index contributed by atoms with van der Waals surface area (Å²) in [6.45, 7) is 6.45. The lowest BCUT2D eigenvalue weighted by Crippen LogP contribution is -2.45. The zero-order valence-corrected chi connectivity index (χ0v) is 14.7. The zero-order valence-electron chi connectivity index (χ0n) is 13.1. The zero-order chi connectivity index (χ0) is 15.3. The number of rotatable bonds is 5. The summed E-state index contributed by atoms with van der Waals surface area (Å²) in [4.78, 5) is 4.44. The molecule has 2 rings (SSSR count). The van der Waals surface area contributed by atoms with Crippen LogP contribution < -0.4 is 5.32 Å². The van der Waals surface area contributed by atoms with Gasteiger partial charge in [0.1, 0.15) is 0 Å². The third-order valence-electron chi connectivity index (χ3n) is 3.71. The molecule has 0 radical (unpaired) electrons. The molecule has 1 N–H and O–H groups in total. The molecule has 0 aromatic heterocycles. The van der Waals surface area contributed by atoms with Gasteiger partial charge in [-0.3, -0.25) is 4.90 Å². The first-order valence-corrected chi connectivity index (χ1v) is 7.23. The number of nitrogens with one attached hydrogen (secondary N) is 1. The van der Waals surface area contributed by atoms with E-state index in [1.54, 1.807) is 6.07 Å². The van der Waals surface area contributed by atoms with Crippen LogP contribution in [0.15, 0.2) is 24.3 Å². The second-order valence-electron chi connectivity index (χ2n) is 5.53. The molecular formula is C15H24Cl2F3N3. The Bertz CT molecular complexity index is 452. The maximum absolute atomic E-state index is 12.7. The van der Waals surface area contributed by atoms with E-state index in [1.165, 1.54) is 12.1 Å². The highest BCUT2D eigenvalue weighted by Crippen LogP contribution is 2.29. The summed E-state index contributed by atoms with van der Waals surface area (Å²) in [5.41, 5.74) is 0.128. The standard InChI is InChI=1S/C15H22F3N3.2ClH/c1-20(9-10-21-7-5-19-6-8-21)12-13-3-2-4-14(11-13)15(16,17)18;;/h2-4,11,19H,5-10,12H2,1H3;2*1H. The van der Waals surface area contributed by atoms with Crippen molar-refractivity contribution in [1.82, 2.24) is 15.1 Å². The Labute approximate surface area is 148 Å². The normalized spacial score (nSPS) is 15.9. The van der Waals surface area contributed by atoms with Gasteiger partial charge in [0.05, 0.1) is 5.56 Å². The Kier molecular flexibility index (Phi) is 10.1. The number of hydrogen-bond acceptors (Lipinski definition) is 3. The molecule has 0 spiro atoms. The Hall–Kier alpha value is -0.530. The molecule has 1 fully saturated rings. The minimum atomic E-state index is -4.27. The fourth-order valence-corrected chi connectivity index (χ4v) is 2.48. The SMILES string of the molecule is CN(CCN1CCNCC1)Cc1cccc(C(F)(F)F)c1.Cl.Cl. The molecule has 23 heavy (non-hydrogen) atoms. The number of likely N-dealkylation sites (N-methyl/N-ethyl adjacent to an activating group) is 1. The molecule has 0 amide bonds. The highest BCUT2D eigenvalue weighted by Gasteiger charge is 2.30. The van der Waals surface area contributed by atoms with Crippen LogP contribution in [0, 0.1) is 0 Å². The first kappa shape index (κ1) is 22.5. The second-order valence-corrected chi connectivity index (χ2v) is 5.53. The molecule has 0 saturated carbocycles. The van der Waals surface area contributed by atoms with E-state index in [9.17, 15) is 13.2 Å². The van der Waals surface area contributed by atoms with Gasteiger partial charge in [0.15, 0.2) is 0 Å². The first-order chi connectivity index (χ1) is 9.95. The van der Waals surface area contributed by atoms with Gasteiger partial charge in [-0.15, -0.1) is 24.8 Å². The van der Waals surface area contributed by atoms with E-state index in [0.717, 1.165) is 45.3 Å². The first-order valence-electron chi connectivity index (χ1n) is 7.23. The van der Waals surface area contributed by atoms with E-state index >= 15 is 0 Å². The van der Waals surface area contributed by atoms with Gasteiger partial charge in [0.2, 0.25) is 0 Å². The molecule has 1 aliphatic heterocycles. The third-order valence-corrected chi connectivity index (χ3v) is 3.71. The van der Waals surface area contributed by atoms with E-state index in [0.29, 0.717) is 12.1 Å². The Morgan fingerprint density at radius 2 is 1.83 bits per heavy atom. The summed E-state index contributed by atoms with van der Waals surface area (Å²) in [6.07, 6.45) is -4.27. The van der Waals surface area contributed by atoms with Gasteiger partial charge in [-0.25, -0.2) is 0 Å². The van der Waals surface area contributed by atoms with Crippen LogP contribution in [0.4, 0.5) is 13.2 Å². The maximum atomic E-state index is 12.7. The van der Waals surface area contributed by atoms with Gasteiger partial charge in [-0.05, 0) is 18.7 Å². The van der Waals surface area contributed by atoms with Gasteiger partial charge in [-0.1, -0.05) is 18.2 Å². The summed E-state index contributed by atoms with van der Waals surface area (Å²) >= 11 is 0. The van der Waals surface area contributed by atoms with E-state index in [2.05, 4.69) is 15.1 Å². The number of hydrogen-bond donors (Lipinski definition) is 1. The highest BCUT2D eigenvalue weighted by atomic mass is 35.5. The van der Waals surface area contributed by atoms with Crippen molar-refractivity contribution >= 4 is 24.8 Å². The predicted octanol–water partition coefficient (Wildman–Crippen LogP) is 2.89. The monoisotopic (exact) mass is 373 g/mol. The molecule has 134 valence electrons. The third kappa shape index (κ3) is 7.72. The Balaban J connectivity index is 0.00000242. The molecule has 1 aromatic rings. The fourth-order valence-electron chi connectivity index (χ4n) is 2.48. The van der Waals surface area contributed by atoms with Crippen molar-refractivity contribution in [2.24, 2.45) is 0 Å². The summed E-state index contributed by atoms with van der Waals surface area (Å²) in [6, 6.07) is 5.57. The molecule has 0 atom stereocenters. The van der Waals surface area contributed by atoms with E-state index in [1.807, 2.05) is 7.05 Å². The van der Waals surface area contributed by atoms with Crippen molar-refractivity contribution in [3.05, 3.63) is 35.4 Å². The molecule has 0 bridgehead atoms. The smallest absolute Gasteiger partial charge is 0.314 e. The summed E-state index contributed by atoms with van der Waals surface area (Å²) in [5.74, 6) is 0. The number of benzene rings is 1. The minimum absolute atomic E-state index is 0. The number of halogens is 5. The molecule has 1 aliphatic rings. The summed E-state index contributed by atoms with van der Waals surface area (Å²) in [5, 5.41) is 3.30. The molecule has 0 aliphatic carbocycles. The van der Waals surface area contributed by atoms with E-state index in [4.69, 9.17) is 0 Å². The van der Waals surface area contributed by atoms with Gasteiger partial charge in [-0.2, -0.15) is 13.2 Å². The Morgan fingerprint density at radius 1 is 1.17 bits per heavy atom. The molecule has 1 aromatic carbocycles. The van der Waals surface area contributed by atoms with Gasteiger partial charge in [0, 0.05) is 45.8 Å². The molecular weight excluding hydrogens is 350 g/mol. The van der Waals surface area contributed by atoms with Crippen molar-refractivity contribution in [2.75, 3.05) is 46.3 Å². The maximum Gasteiger partial charge on any atom is 0.416 e. The topological polar surface area (TPSA) is 18.5 Å². The Morgan fingerprint density at radius 3 is 2.43 bits per heavy atom. The number of nitrogens with zero attached hydrogens (tertiary/aromatic N) is 2. The average molecular weight is 374 g/mol. The average Bonchev–Trinajstić information content (AvgIpc) is 2.46. The van der Waals surface area contributed by atoms with E-state index < -0.39 is 11.7 Å². The molecule has 1 heterocycles. The van der Waals surface area contributed by atoms with Crippen molar-refractivity contribution in [3.8, 4) is 0 Å². The predicted molar refractivity (Wildman–Crippen MR) is 91.6 cm³/mol. The van der Waals surface area contributed by atoms with Crippen molar-refractivity contribution in [1.29, 1.82) is 0 Å². The van der Waals surface area contributed by atoms with Crippen LogP contribution in [0.25, 0.3) is 0 Å². The summed E-state index contributed by atoms with van der Waals surface area (Å²) in [7, 11) is 1.95. The fraction of sp³-hybridized carbons (Fsp3) is 0.600. The van der Waals surface area contributed by atoms with Crippen molar-refractivity contribution in [3.63, 3.8) is 0 Å². The van der Waals surface area contributed by atoms with Gasteiger partial charge < -0.3 is 10.2 Å². The van der Waals surface area contributed by atoms with Crippen LogP contribution in [-0.2, 0) is 12.7 Å². The number of piperazine rings is 1. The lowest BCUT2D eigenvalue weighted by atomic mass is 10.1. The quantitative estimate of drug-likeness (QED) is 0.855. The lowest BCUT2D eigenvalue weighted by Gasteiger charge is -2.29. The second kappa shape index (κ2) is 10.4. The molecule has 1 saturated heterocycles.